The molecular weight excluding hydrogens is 400 g/mol. The van der Waals surface area contributed by atoms with E-state index in [1.54, 1.807) is 60.8 Å². The molecule has 0 atom stereocenters. The predicted molar refractivity (Wildman–Crippen MR) is 117 cm³/mol. The fourth-order valence-corrected chi connectivity index (χ4v) is 3.55. The van der Waals surface area contributed by atoms with Gasteiger partial charge in [0.05, 0.1) is 17.8 Å². The molecule has 0 aliphatic carbocycles. The van der Waals surface area contributed by atoms with E-state index in [0.29, 0.717) is 17.8 Å². The van der Waals surface area contributed by atoms with Gasteiger partial charge in [-0.1, -0.05) is 35.9 Å². The number of para-hydroxylation sites is 1. The molecule has 0 spiro atoms. The summed E-state index contributed by atoms with van der Waals surface area (Å²) in [6.45, 7) is 1.98. The summed E-state index contributed by atoms with van der Waals surface area (Å²) in [5.41, 5.74) is 1.96. The molecule has 0 saturated heterocycles. The zero-order valence-corrected chi connectivity index (χ0v) is 17.6. The average molecular weight is 423 g/mol. The van der Waals surface area contributed by atoms with Crippen LogP contribution in [-0.2, 0) is 16.1 Å². The first-order chi connectivity index (χ1) is 14.4. The Kier molecular flexibility index (Phi) is 6.98. The molecule has 1 N–H and O–H groups in total. The number of carbonyl (C=O) groups excluding carboxylic acids is 3. The summed E-state index contributed by atoms with van der Waals surface area (Å²) in [5.74, 6) is -1.31. The molecule has 30 heavy (non-hydrogen) atoms. The fraction of sp³-hybridized carbons (Fsp3) is 0.174. The van der Waals surface area contributed by atoms with E-state index in [-0.39, 0.29) is 24.0 Å². The molecule has 0 unspecified atom stereocenters. The van der Waals surface area contributed by atoms with Crippen LogP contribution in [0.15, 0.2) is 66.0 Å². The Balaban J connectivity index is 1.62. The molecular formula is C23H22N2O4S. The highest BCUT2D eigenvalue weighted by Gasteiger charge is 2.18. The minimum Gasteiger partial charge on any atom is -0.452 e. The topological polar surface area (TPSA) is 75.7 Å². The molecule has 0 fully saturated rings. The number of likely N-dealkylation sites (N-methyl/N-ethyl adjacent to an activating group) is 1. The maximum absolute atomic E-state index is 12.5. The molecule has 0 saturated carbocycles. The number of benzene rings is 2. The van der Waals surface area contributed by atoms with Crippen LogP contribution in [0.4, 0.5) is 5.69 Å². The number of anilines is 1. The van der Waals surface area contributed by atoms with Gasteiger partial charge in [0, 0.05) is 17.5 Å². The third-order valence-electron chi connectivity index (χ3n) is 4.40. The van der Waals surface area contributed by atoms with E-state index in [0.717, 1.165) is 10.4 Å². The van der Waals surface area contributed by atoms with Crippen LogP contribution in [0.1, 0.15) is 31.2 Å². The number of amides is 2. The average Bonchev–Trinajstić information content (AvgIpc) is 3.25. The first-order valence-corrected chi connectivity index (χ1v) is 10.2. The van der Waals surface area contributed by atoms with Gasteiger partial charge in [0.2, 0.25) is 0 Å². The van der Waals surface area contributed by atoms with Crippen molar-refractivity contribution in [2.24, 2.45) is 0 Å². The number of nitrogens with one attached hydrogen (secondary N) is 1. The highest BCUT2D eigenvalue weighted by Crippen LogP contribution is 2.18. The first-order valence-electron chi connectivity index (χ1n) is 9.34. The third-order valence-corrected chi connectivity index (χ3v) is 5.26. The summed E-state index contributed by atoms with van der Waals surface area (Å²) in [6.07, 6.45) is 0. The van der Waals surface area contributed by atoms with Crippen LogP contribution in [-0.4, -0.2) is 36.3 Å². The van der Waals surface area contributed by atoms with Gasteiger partial charge >= 0.3 is 5.97 Å². The Hall–Kier alpha value is -3.45. The molecule has 2 amide bonds. The van der Waals surface area contributed by atoms with Crippen LogP contribution in [0.25, 0.3) is 0 Å². The van der Waals surface area contributed by atoms with Gasteiger partial charge in [0.1, 0.15) is 0 Å². The lowest BCUT2D eigenvalue weighted by atomic mass is 10.1. The molecule has 2 aromatic carbocycles. The Morgan fingerprint density at radius 1 is 1.03 bits per heavy atom. The summed E-state index contributed by atoms with van der Waals surface area (Å²) in [5, 5.41) is 4.68. The zero-order chi connectivity index (χ0) is 21.5. The van der Waals surface area contributed by atoms with E-state index >= 15 is 0 Å². The molecule has 1 aromatic heterocycles. The first kappa shape index (κ1) is 21.3. The van der Waals surface area contributed by atoms with Crippen molar-refractivity contribution < 1.29 is 19.1 Å². The maximum atomic E-state index is 12.5. The molecule has 0 aliphatic heterocycles. The second-order valence-electron chi connectivity index (χ2n) is 6.77. The predicted octanol–water partition coefficient (Wildman–Crippen LogP) is 4.12. The third kappa shape index (κ3) is 5.55. The van der Waals surface area contributed by atoms with Gasteiger partial charge in [-0.05, 0) is 42.6 Å². The van der Waals surface area contributed by atoms with Crippen molar-refractivity contribution in [1.29, 1.82) is 0 Å². The van der Waals surface area contributed by atoms with E-state index in [1.165, 1.54) is 4.90 Å². The molecule has 0 radical (unpaired) electrons. The monoisotopic (exact) mass is 422 g/mol. The minimum atomic E-state index is -0.673. The molecule has 0 bridgehead atoms. The highest BCUT2D eigenvalue weighted by molar-refractivity contribution is 7.09. The van der Waals surface area contributed by atoms with E-state index in [1.807, 2.05) is 30.5 Å². The van der Waals surface area contributed by atoms with Gasteiger partial charge in [0.15, 0.2) is 6.61 Å². The van der Waals surface area contributed by atoms with Crippen LogP contribution in [0, 0.1) is 6.92 Å². The van der Waals surface area contributed by atoms with Crippen molar-refractivity contribution >= 4 is 34.8 Å². The van der Waals surface area contributed by atoms with Crippen LogP contribution in [0.2, 0.25) is 0 Å². The molecule has 3 aromatic rings. The van der Waals surface area contributed by atoms with Crippen LogP contribution >= 0.6 is 11.3 Å². The van der Waals surface area contributed by atoms with Crippen molar-refractivity contribution in [2.75, 3.05) is 19.0 Å². The van der Waals surface area contributed by atoms with Crippen molar-refractivity contribution in [1.82, 2.24) is 4.90 Å². The van der Waals surface area contributed by atoms with Gasteiger partial charge < -0.3 is 15.0 Å². The lowest BCUT2D eigenvalue weighted by molar-refractivity contribution is -0.133. The normalized spacial score (nSPS) is 10.3. The molecule has 154 valence electrons. The lowest BCUT2D eigenvalue weighted by Gasteiger charge is -2.16. The van der Waals surface area contributed by atoms with Crippen LogP contribution in [0.5, 0.6) is 0 Å². The summed E-state index contributed by atoms with van der Waals surface area (Å²) < 4.78 is 5.20. The number of hydrogen-bond acceptors (Lipinski definition) is 5. The summed E-state index contributed by atoms with van der Waals surface area (Å²) in [6, 6.07) is 17.6. The number of esters is 1. The van der Waals surface area contributed by atoms with Crippen molar-refractivity contribution in [3.05, 3.63) is 87.6 Å². The Morgan fingerprint density at radius 2 is 1.83 bits per heavy atom. The SMILES string of the molecule is Cc1cccc(C(=O)Nc2ccccc2C(=O)OCC(=O)N(C)Cc2cccs2)c1. The van der Waals surface area contributed by atoms with Crippen LogP contribution in [0.3, 0.4) is 0 Å². The number of hydrogen-bond donors (Lipinski definition) is 1. The number of nitrogens with zero attached hydrogens (tertiary/aromatic N) is 1. The summed E-state index contributed by atoms with van der Waals surface area (Å²) >= 11 is 1.55. The highest BCUT2D eigenvalue weighted by atomic mass is 32.1. The number of rotatable bonds is 7. The number of carbonyl (C=O) groups is 3. The van der Waals surface area contributed by atoms with Crippen molar-refractivity contribution in [3.8, 4) is 0 Å². The quantitative estimate of drug-likeness (QED) is 0.581. The second-order valence-corrected chi connectivity index (χ2v) is 7.81. The number of ether oxygens (including phenoxy) is 1. The molecule has 6 nitrogen and oxygen atoms in total. The summed E-state index contributed by atoms with van der Waals surface area (Å²) in [7, 11) is 1.66. The molecule has 1 heterocycles. The Bertz CT molecular complexity index is 1050. The maximum Gasteiger partial charge on any atom is 0.340 e. The Morgan fingerprint density at radius 3 is 2.57 bits per heavy atom. The largest absolute Gasteiger partial charge is 0.452 e. The number of thiophene rings is 1. The van der Waals surface area contributed by atoms with Gasteiger partial charge in [-0.25, -0.2) is 4.79 Å². The van der Waals surface area contributed by atoms with E-state index in [9.17, 15) is 14.4 Å². The summed E-state index contributed by atoms with van der Waals surface area (Å²) in [4.78, 5) is 39.9. The lowest BCUT2D eigenvalue weighted by Crippen LogP contribution is -2.30. The Labute approximate surface area is 179 Å². The molecule has 7 heteroatoms. The number of aryl methyl sites for hydroxylation is 1. The van der Waals surface area contributed by atoms with E-state index in [4.69, 9.17) is 4.74 Å². The van der Waals surface area contributed by atoms with Crippen molar-refractivity contribution in [2.45, 2.75) is 13.5 Å². The van der Waals surface area contributed by atoms with Gasteiger partial charge in [-0.15, -0.1) is 11.3 Å². The smallest absolute Gasteiger partial charge is 0.340 e. The van der Waals surface area contributed by atoms with Gasteiger partial charge in [-0.3, -0.25) is 9.59 Å². The van der Waals surface area contributed by atoms with E-state index in [2.05, 4.69) is 5.32 Å². The molecule has 3 rings (SSSR count). The fourth-order valence-electron chi connectivity index (χ4n) is 2.79. The standard InChI is InChI=1S/C23H22N2O4S/c1-16-7-5-8-17(13-16)22(27)24-20-11-4-3-10-19(20)23(28)29-15-21(26)25(2)14-18-9-6-12-30-18/h3-13H,14-15H2,1-2H3,(H,24,27). The second kappa shape index (κ2) is 9.84. The van der Waals surface area contributed by atoms with E-state index < -0.39 is 5.97 Å². The zero-order valence-electron chi connectivity index (χ0n) is 16.8. The van der Waals surface area contributed by atoms with Crippen molar-refractivity contribution in [3.63, 3.8) is 0 Å². The van der Waals surface area contributed by atoms with Crippen LogP contribution < -0.4 is 5.32 Å². The minimum absolute atomic E-state index is 0.187. The molecule has 0 aliphatic rings. The van der Waals surface area contributed by atoms with Gasteiger partial charge in [-0.2, -0.15) is 0 Å². The van der Waals surface area contributed by atoms with Gasteiger partial charge in [0.25, 0.3) is 11.8 Å².